The minimum absolute atomic E-state index is 0.236. The zero-order chi connectivity index (χ0) is 20.5. The number of rotatable bonds is 4. The minimum atomic E-state index is -1.30. The monoisotopic (exact) mass is 394 g/mol. The predicted molar refractivity (Wildman–Crippen MR) is 104 cm³/mol. The van der Waals surface area contributed by atoms with E-state index in [1.807, 2.05) is 0 Å². The molecule has 1 aliphatic carbocycles. The number of benzene rings is 2. The number of amides is 3. The molecule has 4 atom stereocenters. The first kappa shape index (κ1) is 19.3. The van der Waals surface area contributed by atoms with Crippen molar-refractivity contribution in [3.8, 4) is 0 Å². The zero-order valence-electron chi connectivity index (χ0n) is 15.7. The highest BCUT2D eigenvalue weighted by Crippen LogP contribution is 2.31. The Labute approximate surface area is 168 Å². The van der Waals surface area contributed by atoms with Crippen LogP contribution in [0.4, 0.5) is 0 Å². The Bertz CT molecular complexity index is 910. The fraction of sp³-hybridized carbons (Fsp3) is 0.318. The molecule has 0 unspecified atom stereocenters. The van der Waals surface area contributed by atoms with Gasteiger partial charge in [0.2, 0.25) is 0 Å². The van der Waals surface area contributed by atoms with Crippen molar-refractivity contribution in [2.75, 3.05) is 0 Å². The number of imide groups is 1. The molecule has 2 aromatic rings. The lowest BCUT2D eigenvalue weighted by molar-refractivity contribution is -0.131. The van der Waals surface area contributed by atoms with Crippen LogP contribution in [-0.4, -0.2) is 51.0 Å². The largest absolute Gasteiger partial charge is 0.391 e. The fourth-order valence-corrected chi connectivity index (χ4v) is 4.12. The molecule has 2 aliphatic rings. The van der Waals surface area contributed by atoms with E-state index in [1.165, 1.54) is 0 Å². The summed E-state index contributed by atoms with van der Waals surface area (Å²) in [5, 5.41) is 23.5. The zero-order valence-corrected chi connectivity index (χ0v) is 15.7. The van der Waals surface area contributed by atoms with E-state index in [9.17, 15) is 24.6 Å². The average molecular weight is 394 g/mol. The van der Waals surface area contributed by atoms with Crippen LogP contribution < -0.4 is 5.32 Å². The smallest absolute Gasteiger partial charge is 0.261 e. The number of fused-ring (bicyclic) bond motifs is 1. The lowest BCUT2D eigenvalue weighted by Gasteiger charge is -2.38. The van der Waals surface area contributed by atoms with Crippen molar-refractivity contribution in [2.45, 2.75) is 43.6 Å². The highest BCUT2D eigenvalue weighted by atomic mass is 16.3. The van der Waals surface area contributed by atoms with Crippen LogP contribution in [0.1, 0.15) is 51.6 Å². The molecule has 7 nitrogen and oxygen atoms in total. The van der Waals surface area contributed by atoms with Crippen molar-refractivity contribution in [3.63, 3.8) is 0 Å². The molecule has 29 heavy (non-hydrogen) atoms. The van der Waals surface area contributed by atoms with Gasteiger partial charge in [0.1, 0.15) is 0 Å². The Hall–Kier alpha value is -3.03. The predicted octanol–water partition coefficient (Wildman–Crippen LogP) is 1.41. The number of aliphatic hydroxyl groups excluding tert-OH is 2. The van der Waals surface area contributed by atoms with E-state index in [-0.39, 0.29) is 12.5 Å². The normalized spacial score (nSPS) is 24.9. The van der Waals surface area contributed by atoms with Gasteiger partial charge in [-0.05, 0) is 37.0 Å². The number of nitrogens with one attached hydrogen (secondary N) is 1. The molecule has 3 N–H and O–H groups in total. The summed E-state index contributed by atoms with van der Waals surface area (Å²) in [6.45, 7) is 0. The third-order valence-electron chi connectivity index (χ3n) is 5.65. The summed E-state index contributed by atoms with van der Waals surface area (Å²) in [5.41, 5.74) is 1.14. The second kappa shape index (κ2) is 7.77. The van der Waals surface area contributed by atoms with Crippen molar-refractivity contribution in [3.05, 3.63) is 71.3 Å². The van der Waals surface area contributed by atoms with Gasteiger partial charge in [-0.3, -0.25) is 19.3 Å². The van der Waals surface area contributed by atoms with Crippen molar-refractivity contribution >= 4 is 17.7 Å². The molecule has 1 aliphatic heterocycles. The first-order valence-corrected chi connectivity index (χ1v) is 9.65. The van der Waals surface area contributed by atoms with E-state index in [2.05, 4.69) is 5.32 Å². The van der Waals surface area contributed by atoms with Gasteiger partial charge in [-0.15, -0.1) is 0 Å². The van der Waals surface area contributed by atoms with Gasteiger partial charge in [-0.1, -0.05) is 42.5 Å². The van der Waals surface area contributed by atoms with Gasteiger partial charge in [-0.25, -0.2) is 0 Å². The van der Waals surface area contributed by atoms with Crippen molar-refractivity contribution in [1.82, 2.24) is 10.2 Å². The van der Waals surface area contributed by atoms with Crippen LogP contribution >= 0.6 is 0 Å². The quantitative estimate of drug-likeness (QED) is 0.680. The summed E-state index contributed by atoms with van der Waals surface area (Å²) < 4.78 is 0. The van der Waals surface area contributed by atoms with Crippen LogP contribution in [0.25, 0.3) is 0 Å². The van der Waals surface area contributed by atoms with Gasteiger partial charge in [0, 0.05) is 6.04 Å². The number of hydrogen-bond donors (Lipinski definition) is 3. The van der Waals surface area contributed by atoms with Gasteiger partial charge in [0.15, 0.2) is 6.10 Å². The molecule has 0 bridgehead atoms. The van der Waals surface area contributed by atoms with Crippen LogP contribution in [0.5, 0.6) is 0 Å². The molecular weight excluding hydrogens is 372 g/mol. The molecule has 0 radical (unpaired) electrons. The third kappa shape index (κ3) is 3.54. The van der Waals surface area contributed by atoms with Gasteiger partial charge in [0.25, 0.3) is 17.7 Å². The molecule has 2 aromatic carbocycles. The van der Waals surface area contributed by atoms with E-state index in [1.54, 1.807) is 54.6 Å². The molecule has 0 spiro atoms. The number of hydrogen-bond acceptors (Lipinski definition) is 5. The molecule has 1 saturated carbocycles. The van der Waals surface area contributed by atoms with E-state index >= 15 is 0 Å². The third-order valence-corrected chi connectivity index (χ3v) is 5.65. The first-order chi connectivity index (χ1) is 14.0. The second-order valence-corrected chi connectivity index (χ2v) is 7.49. The highest BCUT2D eigenvalue weighted by molar-refractivity contribution is 6.21. The number of nitrogens with zero attached hydrogens (tertiary/aromatic N) is 1. The topological polar surface area (TPSA) is 107 Å². The molecule has 0 saturated heterocycles. The van der Waals surface area contributed by atoms with E-state index < -0.39 is 36.0 Å². The maximum Gasteiger partial charge on any atom is 0.261 e. The Morgan fingerprint density at radius 3 is 2.17 bits per heavy atom. The molecule has 150 valence electrons. The van der Waals surface area contributed by atoms with Crippen molar-refractivity contribution in [1.29, 1.82) is 0 Å². The summed E-state index contributed by atoms with van der Waals surface area (Å²) in [7, 11) is 0. The summed E-state index contributed by atoms with van der Waals surface area (Å²) in [5.74, 6) is -1.39. The van der Waals surface area contributed by atoms with Crippen LogP contribution in [0.15, 0.2) is 54.6 Å². The summed E-state index contributed by atoms with van der Waals surface area (Å²) >= 11 is 0. The standard InChI is InChI=1S/C22H22N2O5/c25-18-11-10-14(23-20(27)19(26)13-6-2-1-3-7-13)12-17(18)24-21(28)15-8-4-5-9-16(15)22(24)29/h1-9,14,17-19,25-26H,10-12H2,(H,23,27)/t14-,17+,18+,19+/m1/s1. The number of carbonyl (C=O) groups excluding carboxylic acids is 3. The summed E-state index contributed by atoms with van der Waals surface area (Å²) in [6.07, 6.45) is -1.09. The maximum absolute atomic E-state index is 12.7. The molecule has 4 rings (SSSR count). The molecule has 0 aromatic heterocycles. The van der Waals surface area contributed by atoms with E-state index in [0.29, 0.717) is 29.5 Å². The van der Waals surface area contributed by atoms with Crippen LogP contribution in [-0.2, 0) is 4.79 Å². The van der Waals surface area contributed by atoms with Crippen LogP contribution in [0, 0.1) is 0 Å². The minimum Gasteiger partial charge on any atom is -0.391 e. The lowest BCUT2D eigenvalue weighted by atomic mass is 9.87. The van der Waals surface area contributed by atoms with Crippen LogP contribution in [0.2, 0.25) is 0 Å². The molecule has 7 heteroatoms. The van der Waals surface area contributed by atoms with Gasteiger partial charge < -0.3 is 15.5 Å². The molecular formula is C22H22N2O5. The van der Waals surface area contributed by atoms with Gasteiger partial charge in [0.05, 0.1) is 23.3 Å². The SMILES string of the molecule is O=C(N[C@@H]1CC[C@H](O)[C@@H](N2C(=O)c3ccccc3C2=O)C1)[C@@H](O)c1ccccc1. The van der Waals surface area contributed by atoms with E-state index in [0.717, 1.165) is 4.90 Å². The van der Waals surface area contributed by atoms with Crippen molar-refractivity contribution < 1.29 is 24.6 Å². The molecule has 3 amide bonds. The lowest BCUT2D eigenvalue weighted by Crippen LogP contribution is -2.54. The van der Waals surface area contributed by atoms with Crippen LogP contribution in [0.3, 0.4) is 0 Å². The molecule has 1 fully saturated rings. The van der Waals surface area contributed by atoms with Gasteiger partial charge in [-0.2, -0.15) is 0 Å². The Kier molecular flexibility index (Phi) is 5.17. The fourth-order valence-electron chi connectivity index (χ4n) is 4.12. The maximum atomic E-state index is 12.7. The molecule has 1 heterocycles. The Balaban J connectivity index is 1.47. The second-order valence-electron chi connectivity index (χ2n) is 7.49. The average Bonchev–Trinajstić information content (AvgIpc) is 3.00. The van der Waals surface area contributed by atoms with E-state index in [4.69, 9.17) is 0 Å². The summed E-state index contributed by atoms with van der Waals surface area (Å²) in [4.78, 5) is 39.1. The number of aliphatic hydroxyl groups is 2. The Morgan fingerprint density at radius 2 is 1.55 bits per heavy atom. The van der Waals surface area contributed by atoms with Gasteiger partial charge >= 0.3 is 0 Å². The first-order valence-electron chi connectivity index (χ1n) is 9.65. The highest BCUT2D eigenvalue weighted by Gasteiger charge is 2.45. The summed E-state index contributed by atoms with van der Waals surface area (Å²) in [6, 6.07) is 14.1. The van der Waals surface area contributed by atoms with Crippen molar-refractivity contribution in [2.24, 2.45) is 0 Å². The Morgan fingerprint density at radius 1 is 0.966 bits per heavy atom. The number of carbonyl (C=O) groups is 3.